The topological polar surface area (TPSA) is 46.4 Å². The number of hydrogen-bond donors (Lipinski definition) is 0. The number of benzene rings is 1. The van der Waals surface area contributed by atoms with Crippen molar-refractivity contribution in [2.45, 2.75) is 12.5 Å². The minimum absolute atomic E-state index is 0.148. The number of alkyl halides is 6. The first-order chi connectivity index (χ1) is 12.6. The number of hydrogen-bond acceptors (Lipinski definition) is 5. The number of ether oxygens (including phenoxy) is 2. The van der Waals surface area contributed by atoms with E-state index in [1.165, 1.54) is 36.3 Å². The molecule has 0 spiro atoms. The third kappa shape index (κ3) is 4.07. The average Bonchev–Trinajstić information content (AvgIpc) is 2.59. The summed E-state index contributed by atoms with van der Waals surface area (Å²) in [5.41, 5.74) is -0.567. The van der Waals surface area contributed by atoms with Gasteiger partial charge in [0, 0.05) is 5.56 Å². The van der Waals surface area contributed by atoms with E-state index in [0.717, 1.165) is 12.1 Å². The Kier molecular flexibility index (Phi) is 4.62. The van der Waals surface area contributed by atoms with Crippen molar-refractivity contribution in [1.82, 2.24) is 4.90 Å². The molecule has 1 aromatic rings. The fourth-order valence-electron chi connectivity index (χ4n) is 2.53. The molecule has 2 aliphatic heterocycles. The molecule has 27 heavy (non-hydrogen) atoms. The highest BCUT2D eigenvalue weighted by molar-refractivity contribution is 6.07. The molecule has 2 aliphatic rings. The molecule has 0 saturated carbocycles. The van der Waals surface area contributed by atoms with Gasteiger partial charge in [0.25, 0.3) is 0 Å². The molecule has 0 bridgehead atoms. The van der Waals surface area contributed by atoms with Gasteiger partial charge in [0.05, 0.1) is 19.4 Å². The van der Waals surface area contributed by atoms with Crippen LogP contribution in [0.1, 0.15) is 5.56 Å². The van der Waals surface area contributed by atoms with Crippen molar-refractivity contribution >= 4 is 17.2 Å². The van der Waals surface area contributed by atoms with Gasteiger partial charge < -0.3 is 14.4 Å². The Morgan fingerprint density at radius 2 is 1.63 bits per heavy atom. The monoisotopic (exact) mass is 391 g/mol. The van der Waals surface area contributed by atoms with E-state index in [1.807, 2.05) is 0 Å². The van der Waals surface area contributed by atoms with Crippen molar-refractivity contribution in [2.75, 3.05) is 13.7 Å². The van der Waals surface area contributed by atoms with Gasteiger partial charge in [0.2, 0.25) is 0 Å². The quantitative estimate of drug-likeness (QED) is 0.729. The summed E-state index contributed by atoms with van der Waals surface area (Å²) in [5.74, 6) is -0.0847. The lowest BCUT2D eigenvalue weighted by atomic mass is 10.0. The number of amidine groups is 1. The van der Waals surface area contributed by atoms with Crippen LogP contribution in [0.25, 0.3) is 5.70 Å². The van der Waals surface area contributed by atoms with E-state index in [0.29, 0.717) is 5.56 Å². The molecule has 144 valence electrons. The summed E-state index contributed by atoms with van der Waals surface area (Å²) in [6.07, 6.45) is -6.60. The molecule has 2 heterocycles. The van der Waals surface area contributed by atoms with Gasteiger partial charge in [0.1, 0.15) is 11.5 Å². The van der Waals surface area contributed by atoms with E-state index in [2.05, 4.69) is 14.9 Å². The Bertz CT molecular complexity index is 850. The minimum Gasteiger partial charge on any atom is -0.495 e. The first kappa shape index (κ1) is 18.8. The van der Waals surface area contributed by atoms with Gasteiger partial charge in [-0.2, -0.15) is 13.2 Å². The van der Waals surface area contributed by atoms with Crippen molar-refractivity contribution in [3.8, 4) is 5.75 Å². The Morgan fingerprint density at radius 1 is 0.963 bits per heavy atom. The molecule has 11 heteroatoms. The molecular weight excluding hydrogens is 380 g/mol. The number of methoxy groups -OCH3 is 1. The van der Waals surface area contributed by atoms with E-state index in [1.54, 1.807) is 0 Å². The van der Waals surface area contributed by atoms with Crippen LogP contribution < -0.4 is 4.74 Å². The number of rotatable bonds is 3. The predicted octanol–water partition coefficient (Wildman–Crippen LogP) is 4.10. The summed E-state index contributed by atoms with van der Waals surface area (Å²) >= 11 is 0. The van der Waals surface area contributed by atoms with Crippen LogP contribution in [0.15, 0.2) is 52.4 Å². The first-order valence-corrected chi connectivity index (χ1v) is 7.40. The molecule has 0 unspecified atom stereocenters. The lowest BCUT2D eigenvalue weighted by Crippen LogP contribution is -2.43. The molecule has 0 atom stereocenters. The molecule has 0 aromatic heterocycles. The predicted molar refractivity (Wildman–Crippen MR) is 83.8 cm³/mol. The maximum absolute atomic E-state index is 13.0. The summed E-state index contributed by atoms with van der Waals surface area (Å²) < 4.78 is 84.9. The van der Waals surface area contributed by atoms with Crippen molar-refractivity contribution < 1.29 is 35.8 Å². The number of fused-ring (bicyclic) bond motifs is 1. The third-order valence-electron chi connectivity index (χ3n) is 3.65. The summed E-state index contributed by atoms with van der Waals surface area (Å²) in [7, 11) is 1.33. The van der Waals surface area contributed by atoms with Crippen molar-refractivity contribution in [3.05, 3.63) is 47.7 Å². The summed E-state index contributed by atoms with van der Waals surface area (Å²) in [6.45, 7) is -0.615. The van der Waals surface area contributed by atoms with Gasteiger partial charge in [-0.1, -0.05) is 0 Å². The molecule has 3 rings (SSSR count). The zero-order chi connectivity index (χ0) is 19.8. The Balaban J connectivity index is 1.97. The smallest absolute Gasteiger partial charge is 0.495 e. The molecule has 0 aliphatic carbocycles. The number of halogens is 6. The van der Waals surface area contributed by atoms with Crippen LogP contribution in [-0.2, 0) is 4.74 Å². The van der Waals surface area contributed by atoms with Crippen LogP contribution in [0.4, 0.5) is 26.3 Å². The largest absolute Gasteiger partial charge is 0.573 e. The number of allylic oxidation sites excluding steroid dienone is 1. The highest BCUT2D eigenvalue weighted by Gasteiger charge is 2.41. The van der Waals surface area contributed by atoms with Crippen LogP contribution in [0.5, 0.6) is 5.75 Å². The molecule has 0 N–H and O–H groups in total. The average molecular weight is 391 g/mol. The van der Waals surface area contributed by atoms with Gasteiger partial charge in [0.15, 0.2) is 11.5 Å². The van der Waals surface area contributed by atoms with E-state index in [9.17, 15) is 26.3 Å². The van der Waals surface area contributed by atoms with Crippen LogP contribution in [-0.4, -0.2) is 42.6 Å². The number of nitrogens with zero attached hydrogens (tertiary/aromatic N) is 3. The highest BCUT2D eigenvalue weighted by atomic mass is 19.4. The second-order valence-corrected chi connectivity index (χ2v) is 5.41. The Hall–Kier alpha value is -2.98. The molecule has 0 radical (unpaired) electrons. The van der Waals surface area contributed by atoms with E-state index in [4.69, 9.17) is 4.74 Å². The van der Waals surface area contributed by atoms with Crippen molar-refractivity contribution in [1.29, 1.82) is 0 Å². The van der Waals surface area contributed by atoms with Crippen LogP contribution in [0.2, 0.25) is 0 Å². The zero-order valence-electron chi connectivity index (χ0n) is 13.6. The molecule has 0 fully saturated rings. The fourth-order valence-corrected chi connectivity index (χ4v) is 2.53. The van der Waals surface area contributed by atoms with Crippen LogP contribution in [0.3, 0.4) is 0 Å². The maximum atomic E-state index is 13.0. The lowest BCUT2D eigenvalue weighted by molar-refractivity contribution is -0.274. The van der Waals surface area contributed by atoms with Crippen LogP contribution >= 0.6 is 0 Å². The zero-order valence-corrected chi connectivity index (χ0v) is 13.6. The minimum atomic E-state index is -4.85. The summed E-state index contributed by atoms with van der Waals surface area (Å²) in [5, 5.41) is 6.77. The molecular formula is C16H11F6N3O2. The molecule has 1 aromatic carbocycles. The van der Waals surface area contributed by atoms with Gasteiger partial charge in [-0.15, -0.1) is 23.4 Å². The van der Waals surface area contributed by atoms with Crippen LogP contribution in [0, 0.1) is 0 Å². The van der Waals surface area contributed by atoms with Gasteiger partial charge in [-0.05, 0) is 36.4 Å². The summed E-state index contributed by atoms with van der Waals surface area (Å²) in [4.78, 5) is 1.23. The first-order valence-electron chi connectivity index (χ1n) is 7.40. The second-order valence-electron chi connectivity index (χ2n) is 5.41. The summed E-state index contributed by atoms with van der Waals surface area (Å²) in [6, 6.07) is 4.68. The van der Waals surface area contributed by atoms with Crippen molar-refractivity contribution in [2.24, 2.45) is 10.2 Å². The van der Waals surface area contributed by atoms with E-state index >= 15 is 0 Å². The molecule has 0 amide bonds. The molecule has 5 nitrogen and oxygen atoms in total. The van der Waals surface area contributed by atoms with Gasteiger partial charge in [-0.25, -0.2) is 0 Å². The van der Waals surface area contributed by atoms with E-state index in [-0.39, 0.29) is 17.3 Å². The second kappa shape index (κ2) is 6.63. The van der Waals surface area contributed by atoms with Gasteiger partial charge in [-0.3, -0.25) is 0 Å². The lowest BCUT2D eigenvalue weighted by Gasteiger charge is -2.33. The van der Waals surface area contributed by atoms with Gasteiger partial charge >= 0.3 is 12.5 Å². The SMILES string of the molecule is COC1=C(c2ccc(OC(F)(F)F)cc2)N2CC(C(F)(F)F)=NN=C2C=C1. The normalized spacial score (nSPS) is 17.4. The van der Waals surface area contributed by atoms with E-state index < -0.39 is 30.5 Å². The Labute approximate surface area is 148 Å². The fraction of sp³-hybridized carbons (Fsp3) is 0.250. The standard InChI is InChI=1S/C16H11F6N3O2/c1-26-11-6-7-13-24-23-12(15(17,18)19)8-25(13)14(11)9-2-4-10(5-3-9)27-16(20,21)22/h2-7H,8H2,1H3. The maximum Gasteiger partial charge on any atom is 0.573 e. The third-order valence-corrected chi connectivity index (χ3v) is 3.65. The Morgan fingerprint density at radius 3 is 2.19 bits per heavy atom. The highest BCUT2D eigenvalue weighted by Crippen LogP contribution is 2.33. The molecule has 0 saturated heterocycles. The van der Waals surface area contributed by atoms with Crippen molar-refractivity contribution in [3.63, 3.8) is 0 Å².